The van der Waals surface area contributed by atoms with Crippen molar-refractivity contribution in [1.82, 2.24) is 18.8 Å². The maximum atomic E-state index is 12.9. The lowest BCUT2D eigenvalue weighted by atomic mass is 9.97. The number of amides is 1. The molecule has 1 saturated heterocycles. The van der Waals surface area contributed by atoms with E-state index in [0.29, 0.717) is 24.3 Å². The number of carbonyl (C=O) groups is 2. The van der Waals surface area contributed by atoms with Gasteiger partial charge in [-0.15, -0.1) is 0 Å². The summed E-state index contributed by atoms with van der Waals surface area (Å²) in [6.45, 7) is 8.29. The lowest BCUT2D eigenvalue weighted by molar-refractivity contribution is -0.162. The number of ether oxygens (including phenoxy) is 1. The molecule has 2 heterocycles. The molecule has 10 heteroatoms. The summed E-state index contributed by atoms with van der Waals surface area (Å²) in [5.74, 6) is 0.0679. The van der Waals surface area contributed by atoms with Crippen molar-refractivity contribution in [1.29, 1.82) is 0 Å². The number of esters is 1. The molecular formula is C24H36N4O5S. The van der Waals surface area contributed by atoms with Gasteiger partial charge in [0.05, 0.1) is 22.3 Å². The summed E-state index contributed by atoms with van der Waals surface area (Å²) in [5.41, 5.74) is 1.37. The van der Waals surface area contributed by atoms with Gasteiger partial charge in [-0.05, 0) is 65.2 Å². The quantitative estimate of drug-likeness (QED) is 0.525. The van der Waals surface area contributed by atoms with Crippen molar-refractivity contribution < 1.29 is 22.7 Å². The van der Waals surface area contributed by atoms with Gasteiger partial charge in [-0.1, -0.05) is 0 Å². The molecule has 1 aromatic heterocycles. The van der Waals surface area contributed by atoms with E-state index in [1.807, 2.05) is 30.2 Å². The highest BCUT2D eigenvalue weighted by Gasteiger charge is 2.33. The third-order valence-electron chi connectivity index (χ3n) is 6.55. The van der Waals surface area contributed by atoms with Gasteiger partial charge in [0.1, 0.15) is 5.82 Å². The molecule has 2 aromatic rings. The van der Waals surface area contributed by atoms with Crippen LogP contribution in [0.1, 0.15) is 59.2 Å². The predicted molar refractivity (Wildman–Crippen MR) is 130 cm³/mol. The molecule has 0 bridgehead atoms. The van der Waals surface area contributed by atoms with Gasteiger partial charge in [0.15, 0.2) is 6.10 Å². The summed E-state index contributed by atoms with van der Waals surface area (Å²) in [7, 11) is -0.598. The Bertz CT molecular complexity index is 1150. The Morgan fingerprint density at radius 1 is 1.21 bits per heavy atom. The van der Waals surface area contributed by atoms with E-state index in [9.17, 15) is 18.0 Å². The van der Waals surface area contributed by atoms with E-state index in [1.54, 1.807) is 25.1 Å². The summed E-state index contributed by atoms with van der Waals surface area (Å²) >= 11 is 0. The minimum atomic E-state index is -3.57. The molecule has 0 spiro atoms. The van der Waals surface area contributed by atoms with Crippen molar-refractivity contribution in [3.63, 3.8) is 0 Å². The van der Waals surface area contributed by atoms with Gasteiger partial charge in [-0.25, -0.2) is 17.7 Å². The van der Waals surface area contributed by atoms with Crippen LogP contribution in [0.5, 0.6) is 0 Å². The number of hydrogen-bond acceptors (Lipinski definition) is 6. The van der Waals surface area contributed by atoms with Gasteiger partial charge >= 0.3 is 5.97 Å². The first kappa shape index (κ1) is 26.2. The first-order valence-corrected chi connectivity index (χ1v) is 13.3. The number of likely N-dealkylation sites (tertiary alicyclic amines) is 1. The maximum Gasteiger partial charge on any atom is 0.307 e. The zero-order chi connectivity index (χ0) is 25.2. The Kier molecular flexibility index (Phi) is 8.02. The van der Waals surface area contributed by atoms with Crippen molar-refractivity contribution in [3.05, 3.63) is 24.0 Å². The van der Waals surface area contributed by atoms with Crippen LogP contribution in [0.15, 0.2) is 23.1 Å². The van der Waals surface area contributed by atoms with Crippen molar-refractivity contribution in [2.24, 2.45) is 0 Å². The first-order valence-electron chi connectivity index (χ1n) is 11.9. The van der Waals surface area contributed by atoms with Crippen LogP contribution in [0.25, 0.3) is 11.0 Å². The van der Waals surface area contributed by atoms with Crippen LogP contribution in [0.4, 0.5) is 0 Å². The third-order valence-corrected chi connectivity index (χ3v) is 8.36. The van der Waals surface area contributed by atoms with E-state index >= 15 is 0 Å². The number of benzene rings is 1. The summed E-state index contributed by atoms with van der Waals surface area (Å²) in [6.07, 6.45) is 2.59. The second kappa shape index (κ2) is 10.4. The van der Waals surface area contributed by atoms with Crippen LogP contribution < -0.4 is 0 Å². The number of piperidine rings is 1. The van der Waals surface area contributed by atoms with E-state index in [-0.39, 0.29) is 29.3 Å². The summed E-state index contributed by atoms with van der Waals surface area (Å²) in [4.78, 5) is 32.0. The maximum absolute atomic E-state index is 12.9. The first-order chi connectivity index (χ1) is 16.0. The Hall–Kier alpha value is -2.46. The molecule has 34 heavy (non-hydrogen) atoms. The molecule has 0 unspecified atom stereocenters. The van der Waals surface area contributed by atoms with Crippen molar-refractivity contribution in [3.8, 4) is 0 Å². The van der Waals surface area contributed by atoms with Crippen LogP contribution >= 0.6 is 0 Å². The zero-order valence-corrected chi connectivity index (χ0v) is 21.8. The molecule has 1 aromatic carbocycles. The Morgan fingerprint density at radius 2 is 1.85 bits per heavy atom. The molecule has 0 saturated carbocycles. The van der Waals surface area contributed by atoms with Crippen LogP contribution in [0, 0.1) is 0 Å². The van der Waals surface area contributed by atoms with Crippen molar-refractivity contribution >= 4 is 32.9 Å². The highest BCUT2D eigenvalue weighted by molar-refractivity contribution is 7.89. The second-order valence-electron chi connectivity index (χ2n) is 9.22. The second-order valence-corrected chi connectivity index (χ2v) is 11.4. The molecule has 0 aliphatic carbocycles. The highest BCUT2D eigenvalue weighted by atomic mass is 32.2. The monoisotopic (exact) mass is 492 g/mol. The molecule has 9 nitrogen and oxygen atoms in total. The Morgan fingerprint density at radius 3 is 2.44 bits per heavy atom. The SMILES string of the molecule is CCn1c(CCC(=O)O[C@@H](C)C(=O)N2[C@@H](C)CCC[C@@H]2C)nc2cc(S(=O)(=O)N(C)C)ccc21. The molecule has 0 N–H and O–H groups in total. The number of nitrogens with zero attached hydrogens (tertiary/aromatic N) is 4. The predicted octanol–water partition coefficient (Wildman–Crippen LogP) is 2.96. The van der Waals surface area contributed by atoms with Gasteiger partial charge in [-0.3, -0.25) is 9.59 Å². The molecule has 3 atom stereocenters. The smallest absolute Gasteiger partial charge is 0.307 e. The highest BCUT2D eigenvalue weighted by Crippen LogP contribution is 2.25. The Labute approximate surface area is 202 Å². The normalized spacial score (nSPS) is 20.0. The number of rotatable bonds is 8. The number of sulfonamides is 1. The molecule has 1 aliphatic heterocycles. The minimum absolute atomic E-state index is 0.0783. The molecule has 1 amide bonds. The van der Waals surface area contributed by atoms with Gasteiger partial charge < -0.3 is 14.2 Å². The van der Waals surface area contributed by atoms with Gasteiger partial charge in [0.25, 0.3) is 5.91 Å². The lowest BCUT2D eigenvalue weighted by Gasteiger charge is -2.40. The standard InChI is InChI=1S/C24H36N4O5S/c1-7-27-21-12-11-19(34(31,32)26(5)6)15-20(21)25-22(27)13-14-23(29)33-18(4)24(30)28-16(2)9-8-10-17(28)3/h11-12,15-18H,7-10,13-14H2,1-6H3/t16-,17-,18-/m0/s1. The van der Waals surface area contributed by atoms with Gasteiger partial charge in [0, 0.05) is 39.1 Å². The number of aromatic nitrogens is 2. The van der Waals surface area contributed by atoms with E-state index in [4.69, 9.17) is 4.74 Å². The fourth-order valence-corrected chi connectivity index (χ4v) is 5.58. The topological polar surface area (TPSA) is 102 Å². The molecule has 0 radical (unpaired) electrons. The molecule has 1 fully saturated rings. The van der Waals surface area contributed by atoms with Crippen molar-refractivity contribution in [2.45, 2.75) is 89.4 Å². The largest absolute Gasteiger partial charge is 0.453 e. The number of imidazole rings is 1. The zero-order valence-electron chi connectivity index (χ0n) is 20.9. The summed E-state index contributed by atoms with van der Waals surface area (Å²) < 4.78 is 33.5. The summed E-state index contributed by atoms with van der Waals surface area (Å²) in [6, 6.07) is 5.15. The van der Waals surface area contributed by atoms with Crippen LogP contribution in [0.3, 0.4) is 0 Å². The van der Waals surface area contributed by atoms with Gasteiger partial charge in [0.2, 0.25) is 10.0 Å². The van der Waals surface area contributed by atoms with E-state index < -0.39 is 22.1 Å². The van der Waals surface area contributed by atoms with Crippen molar-refractivity contribution in [2.75, 3.05) is 14.1 Å². The average Bonchev–Trinajstić information content (AvgIpc) is 3.13. The fraction of sp³-hybridized carbons (Fsp3) is 0.625. The van der Waals surface area contributed by atoms with E-state index in [1.165, 1.54) is 14.1 Å². The van der Waals surface area contributed by atoms with Crippen LogP contribution in [-0.2, 0) is 37.3 Å². The van der Waals surface area contributed by atoms with Gasteiger partial charge in [-0.2, -0.15) is 0 Å². The third kappa shape index (κ3) is 5.27. The van der Waals surface area contributed by atoms with E-state index in [0.717, 1.165) is 29.1 Å². The lowest BCUT2D eigenvalue weighted by Crippen LogP contribution is -2.51. The molecule has 1 aliphatic rings. The number of aryl methyl sites for hydroxylation is 2. The molecule has 188 valence electrons. The average molecular weight is 493 g/mol. The number of carbonyl (C=O) groups excluding carboxylic acids is 2. The van der Waals surface area contributed by atoms with E-state index in [2.05, 4.69) is 4.98 Å². The molecule has 3 rings (SSSR count). The minimum Gasteiger partial charge on any atom is -0.453 e. The number of hydrogen-bond donors (Lipinski definition) is 0. The Balaban J connectivity index is 1.69. The molecular weight excluding hydrogens is 456 g/mol. The fourth-order valence-electron chi connectivity index (χ4n) is 4.66. The number of fused-ring (bicyclic) bond motifs is 1. The van der Waals surface area contributed by atoms with Crippen LogP contribution in [-0.4, -0.2) is 71.3 Å². The van der Waals surface area contributed by atoms with Crippen LogP contribution in [0.2, 0.25) is 0 Å². The summed E-state index contributed by atoms with van der Waals surface area (Å²) in [5, 5.41) is 0.